The van der Waals surface area contributed by atoms with E-state index in [0.29, 0.717) is 0 Å². The highest BCUT2D eigenvalue weighted by atomic mass is 19.3. The quantitative estimate of drug-likeness (QED) is 0.596. The lowest BCUT2D eigenvalue weighted by atomic mass is 10.2. The van der Waals surface area contributed by atoms with Crippen LogP contribution in [0.1, 0.15) is 19.8 Å². The number of esters is 1. The molecule has 0 aliphatic carbocycles. The summed E-state index contributed by atoms with van der Waals surface area (Å²) in [5.74, 6) is -1.84. The van der Waals surface area contributed by atoms with Crippen molar-refractivity contribution in [1.82, 2.24) is 0 Å². The van der Waals surface area contributed by atoms with Crippen LogP contribution in [0.15, 0.2) is 0 Å². The minimum Gasteiger partial charge on any atom is -0.466 e. The van der Waals surface area contributed by atoms with Crippen LogP contribution in [0.4, 0.5) is 8.78 Å². The summed E-state index contributed by atoms with van der Waals surface area (Å²) in [6, 6.07) is 0. The number of ketones is 1. The molecule has 3 nitrogen and oxygen atoms in total. The van der Waals surface area contributed by atoms with Crippen molar-refractivity contribution in [2.45, 2.75) is 26.2 Å². The van der Waals surface area contributed by atoms with Crippen LogP contribution in [-0.4, -0.2) is 24.8 Å². The zero-order valence-corrected chi connectivity index (χ0v) is 6.68. The molecule has 0 bridgehead atoms. The number of ether oxygens (including phenoxy) is 1. The van der Waals surface area contributed by atoms with Gasteiger partial charge in [0.15, 0.2) is 5.78 Å². The largest absolute Gasteiger partial charge is 0.466 e. The smallest absolute Gasteiger partial charge is 0.306 e. The number of rotatable bonds is 5. The summed E-state index contributed by atoms with van der Waals surface area (Å²) in [6.07, 6.45) is -3.70. The summed E-state index contributed by atoms with van der Waals surface area (Å²) >= 11 is 0. The van der Waals surface area contributed by atoms with Crippen LogP contribution in [0.2, 0.25) is 0 Å². The van der Waals surface area contributed by atoms with Gasteiger partial charge in [0.1, 0.15) is 0 Å². The predicted octanol–water partition coefficient (Wildman–Crippen LogP) is 1.16. The zero-order valence-electron chi connectivity index (χ0n) is 6.68. The molecule has 5 heteroatoms. The third-order valence-corrected chi connectivity index (χ3v) is 1.12. The van der Waals surface area contributed by atoms with E-state index >= 15 is 0 Å². The molecule has 12 heavy (non-hydrogen) atoms. The first-order valence-corrected chi connectivity index (χ1v) is 3.54. The van der Waals surface area contributed by atoms with Crippen molar-refractivity contribution in [3.63, 3.8) is 0 Å². The second-order valence-electron chi connectivity index (χ2n) is 2.07. The van der Waals surface area contributed by atoms with Crippen molar-refractivity contribution in [3.05, 3.63) is 0 Å². The molecule has 0 unspecified atom stereocenters. The summed E-state index contributed by atoms with van der Waals surface area (Å²) in [6.45, 7) is 1.80. The number of halogens is 2. The lowest BCUT2D eigenvalue weighted by Crippen LogP contribution is -2.13. The standard InChI is InChI=1S/C7H10F2O3/c1-2-12-6(11)4-3-5(10)7(8)9/h7H,2-4H2,1H3. The van der Waals surface area contributed by atoms with E-state index in [2.05, 4.69) is 4.74 Å². The first-order chi connectivity index (χ1) is 5.57. The van der Waals surface area contributed by atoms with Crippen LogP contribution >= 0.6 is 0 Å². The Morgan fingerprint density at radius 2 is 1.92 bits per heavy atom. The molecule has 0 radical (unpaired) electrons. The minimum absolute atomic E-state index is 0.196. The van der Waals surface area contributed by atoms with Gasteiger partial charge in [-0.3, -0.25) is 9.59 Å². The Labute approximate surface area is 68.7 Å². The monoisotopic (exact) mass is 180 g/mol. The van der Waals surface area contributed by atoms with Gasteiger partial charge in [-0.2, -0.15) is 0 Å². The highest BCUT2D eigenvalue weighted by Gasteiger charge is 2.16. The molecule has 0 aliphatic rings. The van der Waals surface area contributed by atoms with E-state index in [-0.39, 0.29) is 13.0 Å². The number of carbonyl (C=O) groups excluding carboxylic acids is 2. The molecule has 0 aromatic rings. The molecule has 0 saturated heterocycles. The summed E-state index contributed by atoms with van der Waals surface area (Å²) in [4.78, 5) is 20.8. The summed E-state index contributed by atoms with van der Waals surface area (Å²) < 4.78 is 27.6. The van der Waals surface area contributed by atoms with E-state index in [1.54, 1.807) is 6.92 Å². The fourth-order valence-corrected chi connectivity index (χ4v) is 0.568. The molecule has 0 saturated carbocycles. The molecule has 0 spiro atoms. The highest BCUT2D eigenvalue weighted by Crippen LogP contribution is 2.02. The first-order valence-electron chi connectivity index (χ1n) is 3.54. The molecule has 0 aromatic carbocycles. The van der Waals surface area contributed by atoms with Gasteiger partial charge in [0, 0.05) is 6.42 Å². The number of alkyl halides is 2. The molecule has 0 fully saturated rings. The molecular formula is C7H10F2O3. The Morgan fingerprint density at radius 3 is 2.33 bits per heavy atom. The third kappa shape index (κ3) is 4.76. The van der Waals surface area contributed by atoms with Gasteiger partial charge in [-0.1, -0.05) is 0 Å². The molecule has 70 valence electrons. The second-order valence-corrected chi connectivity index (χ2v) is 2.07. The van der Waals surface area contributed by atoms with E-state index in [4.69, 9.17) is 0 Å². The molecular weight excluding hydrogens is 170 g/mol. The SMILES string of the molecule is CCOC(=O)CCC(=O)C(F)F. The van der Waals surface area contributed by atoms with Crippen LogP contribution in [0.5, 0.6) is 0 Å². The van der Waals surface area contributed by atoms with E-state index in [9.17, 15) is 18.4 Å². The minimum atomic E-state index is -2.99. The topological polar surface area (TPSA) is 43.4 Å². The maximum absolute atomic E-state index is 11.6. The van der Waals surface area contributed by atoms with Gasteiger partial charge in [0.05, 0.1) is 13.0 Å². The van der Waals surface area contributed by atoms with Crippen molar-refractivity contribution >= 4 is 11.8 Å². The summed E-state index contributed by atoms with van der Waals surface area (Å²) in [7, 11) is 0. The van der Waals surface area contributed by atoms with Crippen LogP contribution in [0.3, 0.4) is 0 Å². The highest BCUT2D eigenvalue weighted by molar-refractivity contribution is 5.85. The van der Waals surface area contributed by atoms with Crippen LogP contribution in [-0.2, 0) is 14.3 Å². The average molecular weight is 180 g/mol. The maximum atomic E-state index is 11.6. The zero-order chi connectivity index (χ0) is 9.56. The van der Waals surface area contributed by atoms with Crippen molar-refractivity contribution in [2.75, 3.05) is 6.61 Å². The Balaban J connectivity index is 3.54. The Hall–Kier alpha value is -1.00. The average Bonchev–Trinajstić information content (AvgIpc) is 2.00. The molecule has 0 atom stereocenters. The molecule has 0 aliphatic heterocycles. The molecule has 0 amide bonds. The molecule has 0 N–H and O–H groups in total. The first kappa shape index (κ1) is 11.0. The molecule has 0 heterocycles. The normalized spacial score (nSPS) is 10.0. The van der Waals surface area contributed by atoms with Gasteiger partial charge >= 0.3 is 5.97 Å². The number of hydrogen-bond acceptors (Lipinski definition) is 3. The van der Waals surface area contributed by atoms with Gasteiger partial charge in [-0.05, 0) is 6.92 Å². The van der Waals surface area contributed by atoms with Crippen LogP contribution in [0.25, 0.3) is 0 Å². The Kier molecular flexibility index (Phi) is 5.16. The van der Waals surface area contributed by atoms with E-state index < -0.39 is 24.6 Å². The summed E-state index contributed by atoms with van der Waals surface area (Å²) in [5.41, 5.74) is 0. The second kappa shape index (κ2) is 5.62. The van der Waals surface area contributed by atoms with Gasteiger partial charge in [0.2, 0.25) is 0 Å². The fraction of sp³-hybridized carbons (Fsp3) is 0.714. The van der Waals surface area contributed by atoms with Crippen LogP contribution in [0, 0.1) is 0 Å². The van der Waals surface area contributed by atoms with Gasteiger partial charge in [-0.25, -0.2) is 8.78 Å². The predicted molar refractivity (Wildman–Crippen MR) is 36.9 cm³/mol. The Morgan fingerprint density at radius 1 is 1.33 bits per heavy atom. The lowest BCUT2D eigenvalue weighted by Gasteiger charge is -2.00. The van der Waals surface area contributed by atoms with Crippen molar-refractivity contribution in [3.8, 4) is 0 Å². The van der Waals surface area contributed by atoms with Gasteiger partial charge in [-0.15, -0.1) is 0 Å². The number of carbonyl (C=O) groups is 2. The van der Waals surface area contributed by atoms with Crippen molar-refractivity contribution in [2.24, 2.45) is 0 Å². The lowest BCUT2D eigenvalue weighted by molar-refractivity contribution is -0.145. The van der Waals surface area contributed by atoms with Gasteiger partial charge < -0.3 is 4.74 Å². The maximum Gasteiger partial charge on any atom is 0.306 e. The third-order valence-electron chi connectivity index (χ3n) is 1.12. The fourth-order valence-electron chi connectivity index (χ4n) is 0.568. The van der Waals surface area contributed by atoms with E-state index in [0.717, 1.165) is 0 Å². The summed E-state index contributed by atoms with van der Waals surface area (Å²) in [5, 5.41) is 0. The number of Topliss-reactive ketones (excluding diaryl/α,β-unsaturated/α-hetero) is 1. The van der Waals surface area contributed by atoms with Crippen molar-refractivity contribution < 1.29 is 23.1 Å². The number of hydrogen-bond donors (Lipinski definition) is 0. The van der Waals surface area contributed by atoms with Gasteiger partial charge in [0.25, 0.3) is 6.43 Å². The van der Waals surface area contributed by atoms with E-state index in [1.807, 2.05) is 0 Å². The molecule has 0 aromatic heterocycles. The Bertz CT molecular complexity index is 168. The van der Waals surface area contributed by atoms with Crippen LogP contribution < -0.4 is 0 Å². The molecule has 0 rings (SSSR count). The van der Waals surface area contributed by atoms with Crippen molar-refractivity contribution in [1.29, 1.82) is 0 Å². The van der Waals surface area contributed by atoms with E-state index in [1.165, 1.54) is 0 Å².